The topological polar surface area (TPSA) is 19.4 Å². The molecule has 1 aliphatic heterocycles. The Morgan fingerprint density at radius 2 is 1.94 bits per heavy atom. The zero-order valence-corrected chi connectivity index (χ0v) is 12.2. The average molecular weight is 298 g/mol. The van der Waals surface area contributed by atoms with E-state index in [2.05, 4.69) is 56.7 Å². The maximum atomic E-state index is 4.52. The van der Waals surface area contributed by atoms with Gasteiger partial charge in [0.05, 0.1) is 0 Å². The van der Waals surface area contributed by atoms with Gasteiger partial charge in [-0.05, 0) is 25.5 Å². The maximum Gasteiger partial charge on any atom is 0.128 e. The highest BCUT2D eigenvalue weighted by Crippen LogP contribution is 2.15. The molecule has 0 spiro atoms. The number of aromatic nitrogens is 1. The van der Waals surface area contributed by atoms with E-state index >= 15 is 0 Å². The summed E-state index contributed by atoms with van der Waals surface area (Å²) in [4.78, 5) is 9.41. The minimum Gasteiger partial charge on any atom is -0.354 e. The Bertz CT molecular complexity index is 342. The molecule has 1 aliphatic rings. The Labute approximate surface area is 112 Å². The van der Waals surface area contributed by atoms with Crippen LogP contribution >= 0.6 is 15.9 Å². The Kier molecular flexibility index (Phi) is 4.40. The highest BCUT2D eigenvalue weighted by atomic mass is 79.9. The zero-order valence-electron chi connectivity index (χ0n) is 10.6. The van der Waals surface area contributed by atoms with Gasteiger partial charge >= 0.3 is 0 Å². The van der Waals surface area contributed by atoms with Crippen molar-refractivity contribution in [1.29, 1.82) is 0 Å². The number of piperazine rings is 1. The molecule has 0 amide bonds. The number of hydrogen-bond donors (Lipinski definition) is 0. The fraction of sp³-hybridized carbons (Fsp3) is 0.615. The van der Waals surface area contributed by atoms with Crippen molar-refractivity contribution in [2.45, 2.75) is 25.2 Å². The molecule has 0 unspecified atom stereocenters. The first-order valence-corrected chi connectivity index (χ1v) is 7.32. The number of rotatable bonds is 3. The summed E-state index contributed by atoms with van der Waals surface area (Å²) in [5.41, 5.74) is 1.23. The van der Waals surface area contributed by atoms with Gasteiger partial charge in [0.15, 0.2) is 0 Å². The molecule has 3 nitrogen and oxygen atoms in total. The van der Waals surface area contributed by atoms with Gasteiger partial charge in [-0.1, -0.05) is 22.0 Å². The summed E-state index contributed by atoms with van der Waals surface area (Å²) in [6.07, 6.45) is 1.96. The minimum atomic E-state index is 0.654. The van der Waals surface area contributed by atoms with Crippen LogP contribution in [0.1, 0.15) is 19.4 Å². The second-order valence-corrected chi connectivity index (χ2v) is 5.34. The molecule has 94 valence electrons. The van der Waals surface area contributed by atoms with E-state index in [-0.39, 0.29) is 0 Å². The van der Waals surface area contributed by atoms with Crippen LogP contribution in [0.15, 0.2) is 18.3 Å². The van der Waals surface area contributed by atoms with Gasteiger partial charge in [0.25, 0.3) is 0 Å². The van der Waals surface area contributed by atoms with Gasteiger partial charge in [-0.3, -0.25) is 4.90 Å². The van der Waals surface area contributed by atoms with E-state index in [9.17, 15) is 0 Å². The molecule has 2 rings (SSSR count). The summed E-state index contributed by atoms with van der Waals surface area (Å²) in [5.74, 6) is 1.11. The lowest BCUT2D eigenvalue weighted by Gasteiger charge is -2.37. The molecule has 1 aromatic rings. The minimum absolute atomic E-state index is 0.654. The number of pyridine rings is 1. The van der Waals surface area contributed by atoms with Crippen molar-refractivity contribution in [3.8, 4) is 0 Å². The average Bonchev–Trinajstić information content (AvgIpc) is 2.39. The Morgan fingerprint density at radius 3 is 2.41 bits per heavy atom. The molecule has 0 aliphatic carbocycles. The van der Waals surface area contributed by atoms with Gasteiger partial charge in [0.1, 0.15) is 5.82 Å². The Morgan fingerprint density at radius 1 is 1.24 bits per heavy atom. The summed E-state index contributed by atoms with van der Waals surface area (Å²) in [7, 11) is 0. The van der Waals surface area contributed by atoms with Crippen molar-refractivity contribution in [2.75, 3.05) is 31.1 Å². The summed E-state index contributed by atoms with van der Waals surface area (Å²) in [6, 6.07) is 4.92. The Balaban J connectivity index is 1.95. The van der Waals surface area contributed by atoms with Crippen LogP contribution in [0.5, 0.6) is 0 Å². The molecule has 0 N–H and O–H groups in total. The van der Waals surface area contributed by atoms with Gasteiger partial charge in [0, 0.05) is 43.7 Å². The van der Waals surface area contributed by atoms with Crippen LogP contribution in [0.25, 0.3) is 0 Å². The molecule has 17 heavy (non-hydrogen) atoms. The fourth-order valence-electron chi connectivity index (χ4n) is 2.15. The predicted molar refractivity (Wildman–Crippen MR) is 75.8 cm³/mol. The standard InChI is InChI=1S/C13H20BrN3/c1-11(2)16-5-7-17(8-6-16)13-4-3-12(9-14)10-15-13/h3-4,10-11H,5-9H2,1-2H3. The van der Waals surface area contributed by atoms with Crippen LogP contribution in [-0.2, 0) is 5.33 Å². The second kappa shape index (κ2) is 5.83. The maximum absolute atomic E-state index is 4.52. The van der Waals surface area contributed by atoms with E-state index in [0.29, 0.717) is 6.04 Å². The number of anilines is 1. The fourth-order valence-corrected chi connectivity index (χ4v) is 2.48. The molecule has 2 heterocycles. The van der Waals surface area contributed by atoms with Crippen LogP contribution < -0.4 is 4.90 Å². The summed E-state index contributed by atoms with van der Waals surface area (Å²) in [5, 5.41) is 0.876. The van der Waals surface area contributed by atoms with E-state index < -0.39 is 0 Å². The number of nitrogens with zero attached hydrogens (tertiary/aromatic N) is 3. The lowest BCUT2D eigenvalue weighted by molar-refractivity contribution is 0.209. The zero-order chi connectivity index (χ0) is 12.3. The van der Waals surface area contributed by atoms with Gasteiger partial charge in [0.2, 0.25) is 0 Å². The first-order chi connectivity index (χ1) is 8.20. The smallest absolute Gasteiger partial charge is 0.128 e. The van der Waals surface area contributed by atoms with E-state index in [1.54, 1.807) is 0 Å². The van der Waals surface area contributed by atoms with Crippen LogP contribution in [0.4, 0.5) is 5.82 Å². The van der Waals surface area contributed by atoms with Crippen molar-refractivity contribution in [1.82, 2.24) is 9.88 Å². The van der Waals surface area contributed by atoms with Crippen molar-refractivity contribution >= 4 is 21.7 Å². The molecule has 0 radical (unpaired) electrons. The molecule has 0 saturated carbocycles. The SMILES string of the molecule is CC(C)N1CCN(c2ccc(CBr)cn2)CC1. The number of alkyl halides is 1. The van der Waals surface area contributed by atoms with Crippen LogP contribution in [0.2, 0.25) is 0 Å². The van der Waals surface area contributed by atoms with Crippen LogP contribution in [-0.4, -0.2) is 42.1 Å². The highest BCUT2D eigenvalue weighted by Gasteiger charge is 2.19. The quantitative estimate of drug-likeness (QED) is 0.799. The van der Waals surface area contributed by atoms with Crippen molar-refractivity contribution < 1.29 is 0 Å². The molecular formula is C13H20BrN3. The number of halogens is 1. The highest BCUT2D eigenvalue weighted by molar-refractivity contribution is 9.08. The third kappa shape index (κ3) is 3.19. The molecular weight excluding hydrogens is 278 g/mol. The third-order valence-electron chi connectivity index (χ3n) is 3.33. The first-order valence-electron chi connectivity index (χ1n) is 6.20. The molecule has 0 atom stereocenters. The van der Waals surface area contributed by atoms with Crippen molar-refractivity contribution in [2.24, 2.45) is 0 Å². The summed E-state index contributed by atoms with van der Waals surface area (Å²) in [6.45, 7) is 8.97. The molecule has 1 aromatic heterocycles. The van der Waals surface area contributed by atoms with E-state index in [4.69, 9.17) is 0 Å². The lowest BCUT2D eigenvalue weighted by atomic mass is 10.2. The molecule has 1 fully saturated rings. The number of hydrogen-bond acceptors (Lipinski definition) is 3. The van der Waals surface area contributed by atoms with E-state index in [1.807, 2.05) is 6.20 Å². The summed E-state index contributed by atoms with van der Waals surface area (Å²) < 4.78 is 0. The molecule has 1 saturated heterocycles. The Hall–Kier alpha value is -0.610. The molecule has 0 bridgehead atoms. The molecule has 0 aromatic carbocycles. The monoisotopic (exact) mass is 297 g/mol. The third-order valence-corrected chi connectivity index (χ3v) is 3.98. The van der Waals surface area contributed by atoms with Crippen molar-refractivity contribution in [3.05, 3.63) is 23.9 Å². The first kappa shape index (κ1) is 12.8. The molecule has 4 heteroatoms. The normalized spacial score (nSPS) is 17.8. The second-order valence-electron chi connectivity index (χ2n) is 4.78. The summed E-state index contributed by atoms with van der Waals surface area (Å²) >= 11 is 3.44. The van der Waals surface area contributed by atoms with Gasteiger partial charge in [-0.25, -0.2) is 4.98 Å². The lowest BCUT2D eigenvalue weighted by Crippen LogP contribution is -2.49. The predicted octanol–water partition coefficient (Wildman–Crippen LogP) is 2.51. The van der Waals surface area contributed by atoms with Crippen molar-refractivity contribution in [3.63, 3.8) is 0 Å². The van der Waals surface area contributed by atoms with E-state index in [0.717, 1.165) is 37.3 Å². The van der Waals surface area contributed by atoms with Gasteiger partial charge in [-0.2, -0.15) is 0 Å². The van der Waals surface area contributed by atoms with E-state index in [1.165, 1.54) is 5.56 Å². The largest absolute Gasteiger partial charge is 0.354 e. The van der Waals surface area contributed by atoms with Crippen LogP contribution in [0.3, 0.4) is 0 Å². The van der Waals surface area contributed by atoms with Gasteiger partial charge < -0.3 is 4.90 Å². The van der Waals surface area contributed by atoms with Gasteiger partial charge in [-0.15, -0.1) is 0 Å². The van der Waals surface area contributed by atoms with Crippen LogP contribution in [0, 0.1) is 0 Å².